The topological polar surface area (TPSA) is 63.3 Å². The number of hydrogen-bond donors (Lipinski definition) is 1. The van der Waals surface area contributed by atoms with Crippen molar-refractivity contribution in [3.63, 3.8) is 0 Å². The minimum atomic E-state index is -0.992. The van der Waals surface area contributed by atoms with Crippen molar-refractivity contribution in [1.82, 2.24) is 4.98 Å². The quantitative estimate of drug-likeness (QED) is 0.487. The molecule has 1 saturated carbocycles. The zero-order valence-electron chi connectivity index (χ0n) is 15.4. The zero-order valence-corrected chi connectivity index (χ0v) is 17.0. The van der Waals surface area contributed by atoms with E-state index in [2.05, 4.69) is 20.9 Å². The summed E-state index contributed by atoms with van der Waals surface area (Å²) in [6.07, 6.45) is 2.99. The molecule has 7 heteroatoms. The van der Waals surface area contributed by atoms with E-state index in [1.165, 1.54) is 6.07 Å². The van der Waals surface area contributed by atoms with Crippen molar-refractivity contribution in [2.45, 2.75) is 31.6 Å². The standard InChI is InChI=1S/C22H18BrF2NO3/c23-14-8-5-12(6-9-14)19-20(15-3-1-2-4-16(15)22(27)28)29-21(26-19)13-7-10-17(24)18(25)11-13/h5-11,15-16H,1-4H2,(H,27,28). The van der Waals surface area contributed by atoms with E-state index in [-0.39, 0.29) is 11.8 Å². The van der Waals surface area contributed by atoms with Crippen LogP contribution in [0.5, 0.6) is 0 Å². The average Bonchev–Trinajstić information content (AvgIpc) is 3.16. The highest BCUT2D eigenvalue weighted by Gasteiger charge is 2.36. The Morgan fingerprint density at radius 2 is 1.72 bits per heavy atom. The third-order valence-electron chi connectivity index (χ3n) is 5.36. The predicted molar refractivity (Wildman–Crippen MR) is 107 cm³/mol. The molecule has 0 bridgehead atoms. The van der Waals surface area contributed by atoms with Crippen molar-refractivity contribution in [3.05, 3.63) is 64.3 Å². The Labute approximate surface area is 174 Å². The number of carboxylic acids is 1. The summed E-state index contributed by atoms with van der Waals surface area (Å²) in [5, 5.41) is 9.70. The van der Waals surface area contributed by atoms with Crippen LogP contribution in [0.2, 0.25) is 0 Å². The van der Waals surface area contributed by atoms with Crippen molar-refractivity contribution < 1.29 is 23.1 Å². The van der Waals surface area contributed by atoms with Gasteiger partial charge in [0, 0.05) is 21.5 Å². The summed E-state index contributed by atoms with van der Waals surface area (Å²) in [7, 11) is 0. The van der Waals surface area contributed by atoms with E-state index in [9.17, 15) is 18.7 Å². The van der Waals surface area contributed by atoms with Crippen LogP contribution in [-0.2, 0) is 4.79 Å². The van der Waals surface area contributed by atoms with Gasteiger partial charge in [0.05, 0.1) is 5.92 Å². The van der Waals surface area contributed by atoms with Crippen LogP contribution >= 0.6 is 15.9 Å². The Bertz CT molecular complexity index is 1050. The normalized spacial score (nSPS) is 19.3. The Kier molecular flexibility index (Phi) is 5.50. The van der Waals surface area contributed by atoms with E-state index in [4.69, 9.17) is 4.42 Å². The van der Waals surface area contributed by atoms with Gasteiger partial charge in [0.1, 0.15) is 11.5 Å². The van der Waals surface area contributed by atoms with E-state index in [1.807, 2.05) is 24.3 Å². The van der Waals surface area contributed by atoms with Gasteiger partial charge in [0.25, 0.3) is 0 Å². The molecule has 4 nitrogen and oxygen atoms in total. The molecule has 1 aromatic heterocycles. The summed E-state index contributed by atoms with van der Waals surface area (Å²) in [5.74, 6) is -3.07. The van der Waals surface area contributed by atoms with Crippen LogP contribution in [0.1, 0.15) is 37.4 Å². The second-order valence-electron chi connectivity index (χ2n) is 7.20. The van der Waals surface area contributed by atoms with Crippen molar-refractivity contribution in [1.29, 1.82) is 0 Å². The molecule has 4 rings (SSSR count). The van der Waals surface area contributed by atoms with Crippen LogP contribution in [0, 0.1) is 17.6 Å². The molecule has 0 radical (unpaired) electrons. The van der Waals surface area contributed by atoms with Crippen molar-refractivity contribution in [2.75, 3.05) is 0 Å². The molecule has 1 aliphatic rings. The molecule has 150 valence electrons. The molecule has 1 fully saturated rings. The molecule has 2 aromatic carbocycles. The number of carbonyl (C=O) groups is 1. The molecule has 0 saturated heterocycles. The summed E-state index contributed by atoms with van der Waals surface area (Å²) in [6, 6.07) is 10.9. The fraction of sp³-hybridized carbons (Fsp3) is 0.273. The van der Waals surface area contributed by atoms with Crippen LogP contribution in [0.15, 0.2) is 51.4 Å². The number of rotatable bonds is 4. The molecule has 2 atom stereocenters. The molecule has 0 spiro atoms. The highest BCUT2D eigenvalue weighted by molar-refractivity contribution is 9.10. The van der Waals surface area contributed by atoms with Gasteiger partial charge in [-0.25, -0.2) is 13.8 Å². The fourth-order valence-electron chi connectivity index (χ4n) is 3.89. The fourth-order valence-corrected chi connectivity index (χ4v) is 4.16. The van der Waals surface area contributed by atoms with Gasteiger partial charge in [-0.05, 0) is 43.2 Å². The first-order valence-corrected chi connectivity index (χ1v) is 10.2. The minimum absolute atomic E-state index is 0.145. The zero-order chi connectivity index (χ0) is 20.5. The molecule has 29 heavy (non-hydrogen) atoms. The second kappa shape index (κ2) is 8.06. The van der Waals surface area contributed by atoms with Gasteiger partial charge in [-0.3, -0.25) is 4.79 Å². The van der Waals surface area contributed by atoms with E-state index in [1.54, 1.807) is 0 Å². The lowest BCUT2D eigenvalue weighted by Gasteiger charge is -2.27. The van der Waals surface area contributed by atoms with Gasteiger partial charge >= 0.3 is 5.97 Å². The van der Waals surface area contributed by atoms with Crippen LogP contribution in [0.4, 0.5) is 8.78 Å². The van der Waals surface area contributed by atoms with Crippen molar-refractivity contribution >= 4 is 21.9 Å². The number of aliphatic carboxylic acids is 1. The lowest BCUT2D eigenvalue weighted by molar-refractivity contribution is -0.143. The van der Waals surface area contributed by atoms with Gasteiger partial charge < -0.3 is 9.52 Å². The Balaban J connectivity index is 1.85. The third-order valence-corrected chi connectivity index (χ3v) is 5.89. The van der Waals surface area contributed by atoms with Crippen molar-refractivity contribution in [3.8, 4) is 22.7 Å². The van der Waals surface area contributed by atoms with Crippen LogP contribution < -0.4 is 0 Å². The number of nitrogens with zero attached hydrogens (tertiary/aromatic N) is 1. The van der Waals surface area contributed by atoms with Gasteiger partial charge in [0.2, 0.25) is 5.89 Å². The first-order chi connectivity index (χ1) is 13.9. The lowest BCUT2D eigenvalue weighted by Crippen LogP contribution is -2.25. The first-order valence-electron chi connectivity index (χ1n) is 9.39. The highest BCUT2D eigenvalue weighted by atomic mass is 79.9. The number of carboxylic acid groups (broad SMARTS) is 1. The SMILES string of the molecule is O=C(O)C1CCCCC1c1oc(-c2ccc(F)c(F)c2)nc1-c1ccc(Br)cc1. The number of aromatic nitrogens is 1. The largest absolute Gasteiger partial charge is 0.481 e. The van der Waals surface area contributed by atoms with Crippen molar-refractivity contribution in [2.24, 2.45) is 5.92 Å². The number of halogens is 3. The highest BCUT2D eigenvalue weighted by Crippen LogP contribution is 2.43. The molecule has 2 unspecified atom stereocenters. The summed E-state index contributed by atoms with van der Waals surface area (Å²) >= 11 is 3.40. The summed E-state index contributed by atoms with van der Waals surface area (Å²) in [5.41, 5.74) is 1.61. The number of hydrogen-bond acceptors (Lipinski definition) is 3. The molecule has 1 heterocycles. The predicted octanol–water partition coefficient (Wildman–Crippen LogP) is 6.41. The Morgan fingerprint density at radius 1 is 1.03 bits per heavy atom. The summed E-state index contributed by atoms with van der Waals surface area (Å²) < 4.78 is 34.0. The van der Waals surface area contributed by atoms with E-state index in [0.29, 0.717) is 29.9 Å². The van der Waals surface area contributed by atoms with E-state index < -0.39 is 23.5 Å². The first kappa shape index (κ1) is 19.8. The van der Waals surface area contributed by atoms with Gasteiger partial charge in [-0.2, -0.15) is 0 Å². The third kappa shape index (κ3) is 3.96. The molecule has 1 aliphatic carbocycles. The Morgan fingerprint density at radius 3 is 2.41 bits per heavy atom. The maximum absolute atomic E-state index is 13.7. The number of oxazole rings is 1. The van der Waals surface area contributed by atoms with Crippen LogP contribution in [0.3, 0.4) is 0 Å². The van der Waals surface area contributed by atoms with Gasteiger partial charge in [-0.15, -0.1) is 0 Å². The average molecular weight is 462 g/mol. The second-order valence-corrected chi connectivity index (χ2v) is 8.12. The molecule has 1 N–H and O–H groups in total. The molecule has 0 aliphatic heterocycles. The Hall–Kier alpha value is -2.54. The van der Waals surface area contributed by atoms with E-state index in [0.717, 1.165) is 35.0 Å². The summed E-state index contributed by atoms with van der Waals surface area (Å²) in [6.45, 7) is 0. The van der Waals surface area contributed by atoms with Crippen LogP contribution in [0.25, 0.3) is 22.7 Å². The number of benzene rings is 2. The molecule has 0 amide bonds. The molecular weight excluding hydrogens is 444 g/mol. The van der Waals surface area contributed by atoms with Gasteiger partial charge in [-0.1, -0.05) is 40.9 Å². The van der Waals surface area contributed by atoms with E-state index >= 15 is 0 Å². The molecular formula is C22H18BrF2NO3. The monoisotopic (exact) mass is 461 g/mol. The smallest absolute Gasteiger partial charge is 0.307 e. The van der Waals surface area contributed by atoms with Crippen LogP contribution in [-0.4, -0.2) is 16.1 Å². The maximum atomic E-state index is 13.7. The molecule has 3 aromatic rings. The van der Waals surface area contributed by atoms with Gasteiger partial charge in [0.15, 0.2) is 11.6 Å². The summed E-state index contributed by atoms with van der Waals surface area (Å²) in [4.78, 5) is 16.4. The maximum Gasteiger partial charge on any atom is 0.307 e. The minimum Gasteiger partial charge on any atom is -0.481 e. The lowest BCUT2D eigenvalue weighted by atomic mass is 9.77.